The number of fused-ring (bicyclic) bond motifs is 1. The Bertz CT molecular complexity index is 889. The summed E-state index contributed by atoms with van der Waals surface area (Å²) in [5.41, 5.74) is 1.14. The molecule has 1 aliphatic heterocycles. The number of carbonyl (C=O) groups is 2. The second kappa shape index (κ2) is 5.92. The molecule has 0 aliphatic carbocycles. The molecule has 3 heterocycles. The molecule has 6 nitrogen and oxygen atoms in total. The molecule has 3 aromatic rings. The van der Waals surface area contributed by atoms with Gasteiger partial charge in [-0.2, -0.15) is 0 Å². The SMILES string of the molecule is O=C(N[C@@H]1CC(=O)N(c2ccc(Cl)cc2)C1)c1cn2ccsc2n1. The number of hydrogen-bond acceptors (Lipinski definition) is 4. The van der Waals surface area contributed by atoms with E-state index >= 15 is 0 Å². The zero-order chi connectivity index (χ0) is 16.7. The van der Waals surface area contributed by atoms with E-state index in [0.717, 1.165) is 10.6 Å². The van der Waals surface area contributed by atoms with Gasteiger partial charge >= 0.3 is 0 Å². The van der Waals surface area contributed by atoms with Gasteiger partial charge in [-0.25, -0.2) is 4.98 Å². The highest BCUT2D eigenvalue weighted by atomic mass is 35.5. The van der Waals surface area contributed by atoms with E-state index in [9.17, 15) is 9.59 Å². The number of hydrogen-bond donors (Lipinski definition) is 1. The average molecular weight is 361 g/mol. The predicted octanol–water partition coefficient (Wildman–Crippen LogP) is 2.58. The first-order valence-corrected chi connectivity index (χ1v) is 8.65. The highest BCUT2D eigenvalue weighted by Crippen LogP contribution is 2.23. The van der Waals surface area contributed by atoms with Gasteiger partial charge in [-0.15, -0.1) is 11.3 Å². The largest absolute Gasteiger partial charge is 0.346 e. The third-order valence-corrected chi connectivity index (χ3v) is 4.95. The van der Waals surface area contributed by atoms with Gasteiger partial charge in [-0.05, 0) is 24.3 Å². The van der Waals surface area contributed by atoms with E-state index in [-0.39, 0.29) is 24.3 Å². The van der Waals surface area contributed by atoms with Crippen LogP contribution in [0.3, 0.4) is 0 Å². The Balaban J connectivity index is 1.45. The third-order valence-electron chi connectivity index (χ3n) is 3.92. The Hall–Kier alpha value is -2.38. The molecule has 0 bridgehead atoms. The van der Waals surface area contributed by atoms with E-state index in [1.54, 1.807) is 39.8 Å². The van der Waals surface area contributed by atoms with E-state index < -0.39 is 0 Å². The minimum absolute atomic E-state index is 0.0200. The Morgan fingerprint density at radius 3 is 2.88 bits per heavy atom. The predicted molar refractivity (Wildman–Crippen MR) is 92.7 cm³/mol. The van der Waals surface area contributed by atoms with E-state index in [4.69, 9.17) is 11.6 Å². The summed E-state index contributed by atoms with van der Waals surface area (Å²) >= 11 is 7.34. The van der Waals surface area contributed by atoms with Gasteiger partial charge in [0.1, 0.15) is 5.69 Å². The number of aromatic nitrogens is 2. The minimum atomic E-state index is -0.262. The van der Waals surface area contributed by atoms with E-state index in [2.05, 4.69) is 10.3 Å². The molecule has 2 amide bonds. The van der Waals surface area contributed by atoms with Crippen LogP contribution in [0.25, 0.3) is 4.96 Å². The lowest BCUT2D eigenvalue weighted by Crippen LogP contribution is -2.37. The summed E-state index contributed by atoms with van der Waals surface area (Å²) in [5.74, 6) is -0.282. The van der Waals surface area contributed by atoms with Crippen LogP contribution in [-0.4, -0.2) is 33.8 Å². The van der Waals surface area contributed by atoms with Crippen LogP contribution in [0.4, 0.5) is 5.69 Å². The number of amides is 2. The topological polar surface area (TPSA) is 66.7 Å². The zero-order valence-electron chi connectivity index (χ0n) is 12.5. The molecular weight excluding hydrogens is 348 g/mol. The standard InChI is InChI=1S/C16H13ClN4O2S/c17-10-1-3-12(4-2-10)21-8-11(7-14(21)22)18-15(23)13-9-20-5-6-24-16(20)19-13/h1-6,9,11H,7-8H2,(H,18,23)/t11-/m1/s1. The number of thiazole rings is 1. The molecule has 0 unspecified atom stereocenters. The van der Waals surface area contributed by atoms with Crippen molar-refractivity contribution >= 4 is 45.4 Å². The molecule has 24 heavy (non-hydrogen) atoms. The molecule has 1 aliphatic rings. The van der Waals surface area contributed by atoms with Crippen LogP contribution in [0.1, 0.15) is 16.9 Å². The second-order valence-corrected chi connectivity index (χ2v) is 6.88. The van der Waals surface area contributed by atoms with Gasteiger partial charge < -0.3 is 10.2 Å². The number of imidazole rings is 1. The Labute approximate surface area is 146 Å². The molecule has 1 fully saturated rings. The Morgan fingerprint density at radius 2 is 2.12 bits per heavy atom. The first-order valence-electron chi connectivity index (χ1n) is 7.39. The molecule has 2 aromatic heterocycles. The van der Waals surface area contributed by atoms with Crippen LogP contribution < -0.4 is 10.2 Å². The maximum atomic E-state index is 12.3. The van der Waals surface area contributed by atoms with Crippen molar-refractivity contribution in [1.82, 2.24) is 14.7 Å². The van der Waals surface area contributed by atoms with Crippen LogP contribution in [0.5, 0.6) is 0 Å². The monoisotopic (exact) mass is 360 g/mol. The molecule has 0 radical (unpaired) electrons. The van der Waals surface area contributed by atoms with Crippen LogP contribution >= 0.6 is 22.9 Å². The van der Waals surface area contributed by atoms with Gasteiger partial charge in [-0.1, -0.05) is 11.6 Å². The van der Waals surface area contributed by atoms with Gasteiger partial charge in [0.2, 0.25) is 5.91 Å². The van der Waals surface area contributed by atoms with Crippen LogP contribution in [0.15, 0.2) is 42.0 Å². The van der Waals surface area contributed by atoms with Crippen molar-refractivity contribution < 1.29 is 9.59 Å². The Kier molecular flexibility index (Phi) is 3.74. The summed E-state index contributed by atoms with van der Waals surface area (Å²) in [5, 5.41) is 5.42. The molecule has 0 saturated carbocycles. The molecule has 1 N–H and O–H groups in total. The number of benzene rings is 1. The van der Waals surface area contributed by atoms with Gasteiger partial charge in [0.15, 0.2) is 4.96 Å². The van der Waals surface area contributed by atoms with Crippen molar-refractivity contribution in [2.24, 2.45) is 0 Å². The number of rotatable bonds is 3. The highest BCUT2D eigenvalue weighted by molar-refractivity contribution is 7.15. The van der Waals surface area contributed by atoms with Crippen LogP contribution in [0.2, 0.25) is 5.02 Å². The normalized spacial score (nSPS) is 17.6. The number of nitrogens with zero attached hydrogens (tertiary/aromatic N) is 3. The quantitative estimate of drug-likeness (QED) is 0.780. The van der Waals surface area contributed by atoms with Gasteiger partial charge in [-0.3, -0.25) is 14.0 Å². The van der Waals surface area contributed by atoms with Gasteiger partial charge in [0.05, 0.1) is 6.04 Å². The van der Waals surface area contributed by atoms with E-state index in [0.29, 0.717) is 17.3 Å². The van der Waals surface area contributed by atoms with Crippen molar-refractivity contribution in [1.29, 1.82) is 0 Å². The summed E-state index contributed by atoms with van der Waals surface area (Å²) in [6.07, 6.45) is 3.82. The average Bonchev–Trinajstić information content (AvgIpc) is 3.22. The second-order valence-electron chi connectivity index (χ2n) is 5.57. The lowest BCUT2D eigenvalue weighted by Gasteiger charge is -2.17. The van der Waals surface area contributed by atoms with Crippen LogP contribution in [0, 0.1) is 0 Å². The fraction of sp³-hybridized carbons (Fsp3) is 0.188. The van der Waals surface area contributed by atoms with Crippen LogP contribution in [-0.2, 0) is 4.79 Å². The summed E-state index contributed by atoms with van der Waals surface area (Å²) in [4.78, 5) is 31.2. The van der Waals surface area contributed by atoms with E-state index in [1.165, 1.54) is 11.3 Å². The zero-order valence-corrected chi connectivity index (χ0v) is 14.0. The first kappa shape index (κ1) is 15.2. The number of halogens is 1. The minimum Gasteiger partial charge on any atom is -0.346 e. The highest BCUT2D eigenvalue weighted by Gasteiger charge is 2.32. The fourth-order valence-corrected chi connectivity index (χ4v) is 3.60. The van der Waals surface area contributed by atoms with Gasteiger partial charge in [0.25, 0.3) is 5.91 Å². The molecule has 122 valence electrons. The van der Waals surface area contributed by atoms with E-state index in [1.807, 2.05) is 11.6 Å². The lowest BCUT2D eigenvalue weighted by atomic mass is 10.2. The maximum absolute atomic E-state index is 12.3. The fourth-order valence-electron chi connectivity index (χ4n) is 2.77. The number of anilines is 1. The summed E-state index contributed by atoms with van der Waals surface area (Å²) in [7, 11) is 0. The molecule has 8 heteroatoms. The summed E-state index contributed by atoms with van der Waals surface area (Å²) < 4.78 is 1.80. The van der Waals surface area contributed by atoms with Crippen molar-refractivity contribution in [2.45, 2.75) is 12.5 Å². The number of nitrogens with one attached hydrogen (secondary N) is 1. The molecule has 0 spiro atoms. The molecule has 1 saturated heterocycles. The van der Waals surface area contributed by atoms with Crippen molar-refractivity contribution in [3.63, 3.8) is 0 Å². The van der Waals surface area contributed by atoms with Gasteiger partial charge in [0, 0.05) is 41.4 Å². The lowest BCUT2D eigenvalue weighted by molar-refractivity contribution is -0.117. The first-order chi connectivity index (χ1) is 11.6. The smallest absolute Gasteiger partial charge is 0.271 e. The molecule has 4 rings (SSSR count). The number of carbonyl (C=O) groups excluding carboxylic acids is 2. The molecular formula is C16H13ClN4O2S. The van der Waals surface area contributed by atoms with Crippen molar-refractivity contribution in [3.05, 3.63) is 52.8 Å². The summed E-state index contributed by atoms with van der Waals surface area (Å²) in [6, 6.07) is 6.85. The molecule has 1 aromatic carbocycles. The van der Waals surface area contributed by atoms with Crippen molar-refractivity contribution in [3.8, 4) is 0 Å². The third kappa shape index (κ3) is 2.76. The Morgan fingerprint density at radius 1 is 1.33 bits per heavy atom. The molecule has 1 atom stereocenters. The maximum Gasteiger partial charge on any atom is 0.271 e. The van der Waals surface area contributed by atoms with Crippen molar-refractivity contribution in [2.75, 3.05) is 11.4 Å². The summed E-state index contributed by atoms with van der Waals surface area (Å²) in [6.45, 7) is 0.439.